The Hall–Kier alpha value is -2.00. The van der Waals surface area contributed by atoms with Crippen LogP contribution in [-0.4, -0.2) is 35.3 Å². The molecule has 1 saturated heterocycles. The zero-order chi connectivity index (χ0) is 13.8. The predicted molar refractivity (Wildman–Crippen MR) is 78.8 cm³/mol. The van der Waals surface area contributed by atoms with Crippen molar-refractivity contribution in [3.63, 3.8) is 0 Å². The number of aromatic nitrogens is 1. The number of carbonyl (C=O) groups excluding carboxylic acids is 1. The van der Waals surface area contributed by atoms with Crippen LogP contribution < -0.4 is 0 Å². The Morgan fingerprint density at radius 3 is 2.80 bits per heavy atom. The molecule has 1 fully saturated rings. The van der Waals surface area contributed by atoms with E-state index in [9.17, 15) is 4.79 Å². The number of pyridine rings is 1. The van der Waals surface area contributed by atoms with Crippen LogP contribution in [0.3, 0.4) is 0 Å². The Kier molecular flexibility index (Phi) is 3.88. The molecule has 3 nitrogen and oxygen atoms in total. The van der Waals surface area contributed by atoms with Crippen LogP contribution in [0.15, 0.2) is 54.9 Å². The van der Waals surface area contributed by atoms with Gasteiger partial charge in [0, 0.05) is 24.5 Å². The lowest BCUT2D eigenvalue weighted by atomic mass is 10.0. The lowest BCUT2D eigenvalue weighted by Gasteiger charge is -2.15. The molecule has 102 valence electrons. The molecule has 3 heteroatoms. The number of benzene rings is 1. The fourth-order valence-corrected chi connectivity index (χ4v) is 2.78. The summed E-state index contributed by atoms with van der Waals surface area (Å²) >= 11 is 0. The zero-order valence-corrected chi connectivity index (χ0v) is 11.4. The molecule has 0 spiro atoms. The van der Waals surface area contributed by atoms with Crippen LogP contribution in [0.25, 0.3) is 0 Å². The average Bonchev–Trinajstić information content (AvgIpc) is 2.97. The summed E-state index contributed by atoms with van der Waals surface area (Å²) in [5, 5.41) is 0. The molecule has 2 aromatic rings. The van der Waals surface area contributed by atoms with Gasteiger partial charge in [0.1, 0.15) is 0 Å². The summed E-state index contributed by atoms with van der Waals surface area (Å²) in [5.74, 6) is 0.713. The topological polar surface area (TPSA) is 33.2 Å². The summed E-state index contributed by atoms with van der Waals surface area (Å²) in [6.07, 6.45) is 4.84. The molecule has 0 aliphatic carbocycles. The number of nitrogens with zero attached hydrogens (tertiary/aromatic N) is 2. The van der Waals surface area contributed by atoms with Crippen LogP contribution in [-0.2, 0) is 0 Å². The van der Waals surface area contributed by atoms with Crippen molar-refractivity contribution in [2.45, 2.75) is 12.3 Å². The molecule has 2 heterocycles. The third-order valence-electron chi connectivity index (χ3n) is 3.89. The van der Waals surface area contributed by atoms with E-state index in [0.717, 1.165) is 25.1 Å². The Bertz CT molecular complexity index is 568. The van der Waals surface area contributed by atoms with Crippen molar-refractivity contribution in [3.8, 4) is 0 Å². The Labute approximate surface area is 119 Å². The number of hydrogen-bond acceptors (Lipinski definition) is 3. The first-order chi connectivity index (χ1) is 9.83. The third-order valence-corrected chi connectivity index (χ3v) is 3.89. The maximum Gasteiger partial charge on any atom is 0.176 e. The van der Waals surface area contributed by atoms with Crippen molar-refractivity contribution in [1.29, 1.82) is 0 Å². The first-order valence-corrected chi connectivity index (χ1v) is 7.03. The van der Waals surface area contributed by atoms with Crippen molar-refractivity contribution in [3.05, 3.63) is 66.0 Å². The van der Waals surface area contributed by atoms with E-state index in [1.165, 1.54) is 5.56 Å². The number of Topliss-reactive ketones (excluding diaryl/α,β-unsaturated/α-hetero) is 1. The number of ketones is 1. The van der Waals surface area contributed by atoms with Gasteiger partial charge >= 0.3 is 0 Å². The molecular formula is C17H18N2O. The van der Waals surface area contributed by atoms with E-state index in [4.69, 9.17) is 0 Å². The quantitative estimate of drug-likeness (QED) is 0.798. The van der Waals surface area contributed by atoms with Crippen LogP contribution >= 0.6 is 0 Å². The highest BCUT2D eigenvalue weighted by atomic mass is 16.1. The highest BCUT2D eigenvalue weighted by Crippen LogP contribution is 2.26. The van der Waals surface area contributed by atoms with Gasteiger partial charge in [0.25, 0.3) is 0 Å². The summed E-state index contributed by atoms with van der Waals surface area (Å²) < 4.78 is 0. The average molecular weight is 266 g/mol. The van der Waals surface area contributed by atoms with Gasteiger partial charge in [0.15, 0.2) is 5.78 Å². The first kappa shape index (κ1) is 13.0. The maximum atomic E-state index is 12.2. The van der Waals surface area contributed by atoms with E-state index in [1.54, 1.807) is 6.20 Å². The van der Waals surface area contributed by atoms with Gasteiger partial charge in [0.05, 0.1) is 6.54 Å². The molecule has 1 unspecified atom stereocenters. The molecule has 0 N–H and O–H groups in total. The fraction of sp³-hybridized carbons (Fsp3) is 0.294. The fourth-order valence-electron chi connectivity index (χ4n) is 2.78. The van der Waals surface area contributed by atoms with Gasteiger partial charge in [-0.2, -0.15) is 0 Å². The van der Waals surface area contributed by atoms with E-state index in [0.29, 0.717) is 12.5 Å². The Morgan fingerprint density at radius 1 is 1.20 bits per heavy atom. The number of hydrogen-bond donors (Lipinski definition) is 0. The maximum absolute atomic E-state index is 12.2. The molecule has 1 aromatic carbocycles. The second-order valence-corrected chi connectivity index (χ2v) is 5.30. The lowest BCUT2D eigenvalue weighted by Crippen LogP contribution is -2.27. The minimum atomic E-state index is 0.206. The van der Waals surface area contributed by atoms with Crippen LogP contribution in [0, 0.1) is 0 Å². The van der Waals surface area contributed by atoms with Gasteiger partial charge in [-0.1, -0.05) is 36.4 Å². The molecule has 3 rings (SSSR count). The minimum Gasteiger partial charge on any atom is -0.295 e. The molecule has 0 amide bonds. The van der Waals surface area contributed by atoms with Crippen LogP contribution in [0.2, 0.25) is 0 Å². The first-order valence-electron chi connectivity index (χ1n) is 7.03. The summed E-state index contributed by atoms with van der Waals surface area (Å²) in [5.41, 5.74) is 2.08. The van der Waals surface area contributed by atoms with Crippen molar-refractivity contribution < 1.29 is 4.79 Å². The SMILES string of the molecule is O=C(CN1CCC(c2cccnc2)C1)c1ccccc1. The predicted octanol–water partition coefficient (Wildman–Crippen LogP) is 2.75. The number of rotatable bonds is 4. The minimum absolute atomic E-state index is 0.206. The Morgan fingerprint density at radius 2 is 2.05 bits per heavy atom. The second-order valence-electron chi connectivity index (χ2n) is 5.30. The monoisotopic (exact) mass is 266 g/mol. The van der Waals surface area contributed by atoms with Gasteiger partial charge < -0.3 is 0 Å². The third kappa shape index (κ3) is 2.94. The standard InChI is InChI=1S/C17H18N2O/c20-17(14-5-2-1-3-6-14)13-19-10-8-16(12-19)15-7-4-9-18-11-15/h1-7,9,11,16H,8,10,12-13H2. The van der Waals surface area contributed by atoms with Crippen molar-refractivity contribution >= 4 is 5.78 Å². The van der Waals surface area contributed by atoms with Gasteiger partial charge in [-0.25, -0.2) is 0 Å². The second kappa shape index (κ2) is 5.97. The molecule has 20 heavy (non-hydrogen) atoms. The summed E-state index contributed by atoms with van der Waals surface area (Å²) in [4.78, 5) is 18.6. The number of likely N-dealkylation sites (tertiary alicyclic amines) is 1. The van der Waals surface area contributed by atoms with Crippen molar-refractivity contribution in [2.75, 3.05) is 19.6 Å². The summed E-state index contributed by atoms with van der Waals surface area (Å²) in [6, 6.07) is 13.6. The normalized spacial score (nSPS) is 19.1. The molecule has 0 saturated carbocycles. The van der Waals surface area contributed by atoms with Gasteiger partial charge in [0.2, 0.25) is 0 Å². The van der Waals surface area contributed by atoms with Crippen LogP contribution in [0.1, 0.15) is 28.3 Å². The smallest absolute Gasteiger partial charge is 0.176 e. The van der Waals surface area contributed by atoms with Crippen LogP contribution in [0.4, 0.5) is 0 Å². The zero-order valence-electron chi connectivity index (χ0n) is 11.4. The summed E-state index contributed by atoms with van der Waals surface area (Å²) in [6.45, 7) is 2.45. The molecule has 1 aliphatic heterocycles. The van der Waals surface area contributed by atoms with E-state index < -0.39 is 0 Å². The highest BCUT2D eigenvalue weighted by molar-refractivity contribution is 5.97. The molecule has 1 aliphatic rings. The molecule has 0 radical (unpaired) electrons. The van der Waals surface area contributed by atoms with Gasteiger partial charge in [-0.05, 0) is 30.5 Å². The molecule has 1 atom stereocenters. The van der Waals surface area contributed by atoms with Crippen molar-refractivity contribution in [1.82, 2.24) is 9.88 Å². The molecule has 1 aromatic heterocycles. The largest absolute Gasteiger partial charge is 0.295 e. The highest BCUT2D eigenvalue weighted by Gasteiger charge is 2.25. The van der Waals surface area contributed by atoms with E-state index >= 15 is 0 Å². The molecule has 0 bridgehead atoms. The van der Waals surface area contributed by atoms with Crippen LogP contribution in [0.5, 0.6) is 0 Å². The van der Waals surface area contributed by atoms with Gasteiger partial charge in [-0.3, -0.25) is 14.7 Å². The van der Waals surface area contributed by atoms with E-state index in [-0.39, 0.29) is 5.78 Å². The number of carbonyl (C=O) groups is 1. The van der Waals surface area contributed by atoms with E-state index in [1.807, 2.05) is 42.6 Å². The van der Waals surface area contributed by atoms with E-state index in [2.05, 4.69) is 16.0 Å². The summed E-state index contributed by atoms with van der Waals surface area (Å²) in [7, 11) is 0. The van der Waals surface area contributed by atoms with Crippen molar-refractivity contribution in [2.24, 2.45) is 0 Å². The molecular weight excluding hydrogens is 248 g/mol. The Balaban J connectivity index is 1.60. The lowest BCUT2D eigenvalue weighted by molar-refractivity contribution is 0.0944. The van der Waals surface area contributed by atoms with Gasteiger partial charge in [-0.15, -0.1) is 0 Å².